The second-order valence-corrected chi connectivity index (χ2v) is 5.73. The molecule has 1 aliphatic rings. The molecule has 1 aromatic heterocycles. The maximum absolute atomic E-state index is 12.5. The predicted octanol–water partition coefficient (Wildman–Crippen LogP) is 2.50. The highest BCUT2D eigenvalue weighted by Gasteiger charge is 2.28. The molecule has 23 heavy (non-hydrogen) atoms. The first-order valence-electron chi connectivity index (χ1n) is 7.79. The van der Waals surface area contributed by atoms with Gasteiger partial charge in [0.1, 0.15) is 0 Å². The number of likely N-dealkylation sites (tertiary alicyclic amines) is 1. The molecule has 2 heterocycles. The van der Waals surface area contributed by atoms with Crippen LogP contribution in [0.2, 0.25) is 0 Å². The van der Waals surface area contributed by atoms with Crippen LogP contribution in [-0.4, -0.2) is 41.5 Å². The number of amides is 1. The van der Waals surface area contributed by atoms with Crippen LogP contribution in [0.3, 0.4) is 0 Å². The molecular weight excluding hydrogens is 292 g/mol. The van der Waals surface area contributed by atoms with Crippen LogP contribution in [-0.2, 0) is 9.53 Å². The van der Waals surface area contributed by atoms with Gasteiger partial charge in [-0.15, -0.1) is 0 Å². The van der Waals surface area contributed by atoms with Gasteiger partial charge < -0.3 is 14.2 Å². The zero-order valence-electron chi connectivity index (χ0n) is 13.1. The van der Waals surface area contributed by atoms with E-state index in [0.29, 0.717) is 31.5 Å². The molecule has 1 saturated heterocycles. The van der Waals surface area contributed by atoms with Gasteiger partial charge in [-0.05, 0) is 49.2 Å². The largest absolute Gasteiger partial charge is 0.469 e. The third-order valence-corrected chi connectivity index (χ3v) is 4.33. The Balaban J connectivity index is 1.64. The number of ether oxygens (including phenoxy) is 1. The Morgan fingerprint density at radius 1 is 1.04 bits per heavy atom. The van der Waals surface area contributed by atoms with E-state index in [4.69, 9.17) is 4.74 Å². The van der Waals surface area contributed by atoms with Crippen LogP contribution < -0.4 is 0 Å². The maximum atomic E-state index is 12.5. The summed E-state index contributed by atoms with van der Waals surface area (Å²) in [6.45, 7) is 1.19. The predicted molar refractivity (Wildman–Crippen MR) is 86.4 cm³/mol. The summed E-state index contributed by atoms with van der Waals surface area (Å²) >= 11 is 0. The molecule has 0 saturated carbocycles. The Morgan fingerprint density at radius 3 is 2.22 bits per heavy atom. The normalized spacial score (nSPS) is 15.4. The third kappa shape index (κ3) is 3.28. The lowest BCUT2D eigenvalue weighted by Gasteiger charge is -2.30. The van der Waals surface area contributed by atoms with E-state index in [-0.39, 0.29) is 17.8 Å². The Labute approximate surface area is 135 Å². The molecule has 5 nitrogen and oxygen atoms in total. The molecule has 0 bridgehead atoms. The summed E-state index contributed by atoms with van der Waals surface area (Å²) < 4.78 is 6.77. The van der Waals surface area contributed by atoms with E-state index in [1.165, 1.54) is 7.11 Å². The van der Waals surface area contributed by atoms with Crippen LogP contribution in [0, 0.1) is 5.92 Å². The first-order valence-corrected chi connectivity index (χ1v) is 7.79. The topological polar surface area (TPSA) is 51.5 Å². The van der Waals surface area contributed by atoms with Crippen molar-refractivity contribution in [3.8, 4) is 5.69 Å². The van der Waals surface area contributed by atoms with Crippen LogP contribution in [0.15, 0.2) is 48.8 Å². The Hall–Kier alpha value is -2.56. The maximum Gasteiger partial charge on any atom is 0.308 e. The van der Waals surface area contributed by atoms with Gasteiger partial charge in [-0.2, -0.15) is 0 Å². The third-order valence-electron chi connectivity index (χ3n) is 4.33. The highest BCUT2D eigenvalue weighted by molar-refractivity contribution is 5.94. The molecule has 120 valence electrons. The minimum atomic E-state index is -0.173. The molecule has 0 spiro atoms. The van der Waals surface area contributed by atoms with E-state index in [9.17, 15) is 9.59 Å². The van der Waals surface area contributed by atoms with Gasteiger partial charge in [-0.25, -0.2) is 0 Å². The molecule has 1 aromatic carbocycles. The summed E-state index contributed by atoms with van der Waals surface area (Å²) in [5.41, 5.74) is 1.70. The number of nitrogens with zero attached hydrogens (tertiary/aromatic N) is 2. The first-order chi connectivity index (χ1) is 11.2. The average molecular weight is 312 g/mol. The van der Waals surface area contributed by atoms with Gasteiger partial charge in [0.25, 0.3) is 5.91 Å². The molecule has 0 atom stereocenters. The van der Waals surface area contributed by atoms with Crippen molar-refractivity contribution < 1.29 is 14.3 Å². The van der Waals surface area contributed by atoms with Crippen molar-refractivity contribution in [1.29, 1.82) is 0 Å². The van der Waals surface area contributed by atoms with Crippen LogP contribution in [0.4, 0.5) is 0 Å². The number of rotatable bonds is 3. The van der Waals surface area contributed by atoms with Crippen LogP contribution in [0.5, 0.6) is 0 Å². The second-order valence-electron chi connectivity index (χ2n) is 5.73. The highest BCUT2D eigenvalue weighted by atomic mass is 16.5. The number of hydrogen-bond acceptors (Lipinski definition) is 3. The number of methoxy groups -OCH3 is 1. The van der Waals surface area contributed by atoms with Crippen LogP contribution in [0.25, 0.3) is 5.69 Å². The van der Waals surface area contributed by atoms with Crippen molar-refractivity contribution in [3.63, 3.8) is 0 Å². The van der Waals surface area contributed by atoms with Gasteiger partial charge in [-0.3, -0.25) is 9.59 Å². The Bertz CT molecular complexity index is 669. The number of esters is 1. The van der Waals surface area contributed by atoms with E-state index in [1.54, 1.807) is 0 Å². The lowest BCUT2D eigenvalue weighted by atomic mass is 9.96. The fourth-order valence-electron chi connectivity index (χ4n) is 2.95. The molecular formula is C18H20N2O3. The number of carbonyl (C=O) groups is 2. The molecule has 1 fully saturated rings. The monoisotopic (exact) mass is 312 g/mol. The average Bonchev–Trinajstić information content (AvgIpc) is 3.15. The SMILES string of the molecule is COC(=O)C1CCN(C(=O)c2ccc(-n3cccc3)cc2)CC1. The minimum Gasteiger partial charge on any atom is -0.469 e. The second kappa shape index (κ2) is 6.69. The quantitative estimate of drug-likeness (QED) is 0.818. The van der Waals surface area contributed by atoms with Crippen molar-refractivity contribution in [2.45, 2.75) is 12.8 Å². The lowest BCUT2D eigenvalue weighted by molar-refractivity contribution is -0.146. The van der Waals surface area contributed by atoms with Gasteiger partial charge in [0.2, 0.25) is 0 Å². The van der Waals surface area contributed by atoms with Crippen molar-refractivity contribution in [3.05, 3.63) is 54.4 Å². The molecule has 0 radical (unpaired) electrons. The highest BCUT2D eigenvalue weighted by Crippen LogP contribution is 2.20. The number of aromatic nitrogens is 1. The molecule has 1 amide bonds. The fourth-order valence-corrected chi connectivity index (χ4v) is 2.95. The van der Waals surface area contributed by atoms with E-state index in [0.717, 1.165) is 5.69 Å². The van der Waals surface area contributed by atoms with Crippen molar-refractivity contribution >= 4 is 11.9 Å². The van der Waals surface area contributed by atoms with Gasteiger partial charge in [-0.1, -0.05) is 0 Å². The zero-order valence-corrected chi connectivity index (χ0v) is 13.1. The molecule has 0 N–H and O–H groups in total. The summed E-state index contributed by atoms with van der Waals surface area (Å²) in [7, 11) is 1.41. The van der Waals surface area contributed by atoms with E-state index in [1.807, 2.05) is 58.3 Å². The van der Waals surface area contributed by atoms with Gasteiger partial charge in [0, 0.05) is 36.7 Å². The molecule has 0 aliphatic carbocycles. The van der Waals surface area contributed by atoms with Crippen molar-refractivity contribution in [2.75, 3.05) is 20.2 Å². The Kier molecular flexibility index (Phi) is 4.46. The zero-order chi connectivity index (χ0) is 16.2. The smallest absolute Gasteiger partial charge is 0.308 e. The van der Waals surface area contributed by atoms with E-state index >= 15 is 0 Å². The van der Waals surface area contributed by atoms with Crippen molar-refractivity contribution in [1.82, 2.24) is 9.47 Å². The number of benzene rings is 1. The number of carbonyl (C=O) groups excluding carboxylic acids is 2. The summed E-state index contributed by atoms with van der Waals surface area (Å²) in [6, 6.07) is 11.5. The van der Waals surface area contributed by atoms with Gasteiger partial charge in [0.15, 0.2) is 0 Å². The molecule has 5 heteroatoms. The summed E-state index contributed by atoms with van der Waals surface area (Å²) in [6.07, 6.45) is 5.27. The van der Waals surface area contributed by atoms with Gasteiger partial charge >= 0.3 is 5.97 Å². The Morgan fingerprint density at radius 2 is 1.65 bits per heavy atom. The molecule has 2 aromatic rings. The van der Waals surface area contributed by atoms with E-state index < -0.39 is 0 Å². The number of hydrogen-bond donors (Lipinski definition) is 0. The standard InChI is InChI=1S/C18H20N2O3/c1-23-18(22)15-8-12-20(13-9-15)17(21)14-4-6-16(7-5-14)19-10-2-3-11-19/h2-7,10-11,15H,8-9,12-13H2,1H3. The summed E-state index contributed by atoms with van der Waals surface area (Å²) in [5.74, 6) is -0.235. The molecule has 3 rings (SSSR count). The fraction of sp³-hybridized carbons (Fsp3) is 0.333. The summed E-state index contributed by atoms with van der Waals surface area (Å²) in [4.78, 5) is 25.9. The van der Waals surface area contributed by atoms with E-state index in [2.05, 4.69) is 0 Å². The van der Waals surface area contributed by atoms with Gasteiger partial charge in [0.05, 0.1) is 13.0 Å². The molecule has 1 aliphatic heterocycles. The number of piperidine rings is 1. The van der Waals surface area contributed by atoms with Crippen LogP contribution in [0.1, 0.15) is 23.2 Å². The van der Waals surface area contributed by atoms with Crippen LogP contribution >= 0.6 is 0 Å². The lowest BCUT2D eigenvalue weighted by Crippen LogP contribution is -2.40. The minimum absolute atomic E-state index is 0.0207. The first kappa shape index (κ1) is 15.3. The summed E-state index contributed by atoms with van der Waals surface area (Å²) in [5, 5.41) is 0. The molecule has 0 unspecified atom stereocenters. The van der Waals surface area contributed by atoms with Crippen molar-refractivity contribution in [2.24, 2.45) is 5.92 Å².